The number of morpholine rings is 1. The van der Waals surface area contributed by atoms with Gasteiger partial charge in [-0.2, -0.15) is 0 Å². The number of rotatable bonds is 5. The third kappa shape index (κ3) is 4.55. The number of benzene rings is 1. The van der Waals surface area contributed by atoms with E-state index in [1.54, 1.807) is 0 Å². The summed E-state index contributed by atoms with van der Waals surface area (Å²) >= 11 is 12.8. The highest BCUT2D eigenvalue weighted by Gasteiger charge is 2.23. The average Bonchev–Trinajstić information content (AvgIpc) is 2.87. The monoisotopic (exact) mass is 385 g/mol. The lowest BCUT2D eigenvalue weighted by atomic mass is 10.1. The predicted molar refractivity (Wildman–Crippen MR) is 98.4 cm³/mol. The lowest BCUT2D eigenvalue weighted by Gasteiger charge is -2.32. The molecule has 5 nitrogen and oxygen atoms in total. The van der Waals surface area contributed by atoms with Gasteiger partial charge in [0.1, 0.15) is 0 Å². The van der Waals surface area contributed by atoms with Gasteiger partial charge in [0.2, 0.25) is 0 Å². The van der Waals surface area contributed by atoms with E-state index in [-0.39, 0.29) is 12.2 Å². The topological polar surface area (TPSA) is 39.5 Å². The summed E-state index contributed by atoms with van der Waals surface area (Å²) in [6.07, 6.45) is 0.131. The van der Waals surface area contributed by atoms with Crippen molar-refractivity contribution >= 4 is 35.2 Å². The molecule has 0 saturated carbocycles. The Morgan fingerprint density at radius 1 is 1.42 bits per heavy atom. The molecular weight excluding hydrogens is 366 g/mol. The summed E-state index contributed by atoms with van der Waals surface area (Å²) < 4.78 is 14.1. The molecule has 2 heterocycles. The second-order valence-corrected chi connectivity index (χ2v) is 7.95. The summed E-state index contributed by atoms with van der Waals surface area (Å²) in [5, 5.41) is 5.82. The van der Waals surface area contributed by atoms with Crippen LogP contribution in [0.1, 0.15) is 25.5 Å². The highest BCUT2D eigenvalue weighted by Crippen LogP contribution is 2.25. The van der Waals surface area contributed by atoms with Crippen molar-refractivity contribution in [1.29, 1.82) is 0 Å². The molecule has 0 aliphatic carbocycles. The van der Waals surface area contributed by atoms with Gasteiger partial charge >= 0.3 is 0 Å². The van der Waals surface area contributed by atoms with Crippen LogP contribution in [0.25, 0.3) is 0 Å². The minimum atomic E-state index is 0.0372. The first-order valence-corrected chi connectivity index (χ1v) is 9.45. The van der Waals surface area contributed by atoms with Gasteiger partial charge in [-0.05, 0) is 55.1 Å². The Bertz CT molecular complexity index is 730. The molecule has 1 aliphatic heterocycles. The first-order valence-electron chi connectivity index (χ1n) is 7.85. The van der Waals surface area contributed by atoms with Gasteiger partial charge in [-0.15, -0.1) is 5.10 Å². The van der Waals surface area contributed by atoms with E-state index in [4.69, 9.17) is 33.3 Å². The second kappa shape index (κ2) is 7.93. The van der Waals surface area contributed by atoms with Crippen molar-refractivity contribution in [2.45, 2.75) is 32.7 Å². The maximum absolute atomic E-state index is 5.96. The molecule has 1 unspecified atom stereocenters. The fourth-order valence-corrected chi connectivity index (χ4v) is 3.70. The van der Waals surface area contributed by atoms with Gasteiger partial charge in [-0.3, -0.25) is 4.90 Å². The van der Waals surface area contributed by atoms with Gasteiger partial charge in [0, 0.05) is 18.1 Å². The molecular formula is C16H20ClN3O2S2. The maximum atomic E-state index is 5.96. The first-order chi connectivity index (χ1) is 11.5. The first kappa shape index (κ1) is 17.8. The van der Waals surface area contributed by atoms with Crippen molar-refractivity contribution in [3.63, 3.8) is 0 Å². The summed E-state index contributed by atoms with van der Waals surface area (Å²) in [5.74, 6) is 0. The van der Waals surface area contributed by atoms with E-state index in [1.165, 1.54) is 11.3 Å². The number of nitrogens with zero attached hydrogens (tertiary/aromatic N) is 3. The Kier molecular flexibility index (Phi) is 5.89. The number of hydrogen-bond acceptors (Lipinski definition) is 6. The molecule has 1 aliphatic rings. The molecule has 2 aromatic rings. The number of ether oxygens (including phenoxy) is 2. The lowest BCUT2D eigenvalue weighted by Crippen LogP contribution is -2.39. The van der Waals surface area contributed by atoms with E-state index in [0.717, 1.165) is 27.6 Å². The van der Waals surface area contributed by atoms with Crippen LogP contribution in [0.3, 0.4) is 0 Å². The molecule has 1 aromatic carbocycles. The van der Waals surface area contributed by atoms with E-state index in [1.807, 2.05) is 42.8 Å². The normalized spacial score (nSPS) is 18.9. The fraction of sp³-hybridized carbons (Fsp3) is 0.500. The summed E-state index contributed by atoms with van der Waals surface area (Å²) in [6.45, 7) is 6.93. The molecule has 0 bridgehead atoms. The van der Waals surface area contributed by atoms with Crippen molar-refractivity contribution in [2.75, 3.05) is 19.7 Å². The summed E-state index contributed by atoms with van der Waals surface area (Å²) in [7, 11) is 0. The van der Waals surface area contributed by atoms with Crippen LogP contribution < -0.4 is 4.74 Å². The van der Waals surface area contributed by atoms with Crippen molar-refractivity contribution < 1.29 is 9.47 Å². The van der Waals surface area contributed by atoms with Gasteiger partial charge in [-0.1, -0.05) is 23.7 Å². The van der Waals surface area contributed by atoms with Crippen molar-refractivity contribution in [3.05, 3.63) is 38.8 Å². The summed E-state index contributed by atoms with van der Waals surface area (Å²) in [4.78, 5) is 2.29. The standard InChI is InChI=1S/C16H20ClN3O2S2/c1-11(2)22-15-18-20(16(23)24-15)10-19-7-8-21-14(9-19)12-3-5-13(17)6-4-12/h3-6,11,14H,7-10H2,1-2H3. The Labute approximate surface area is 155 Å². The highest BCUT2D eigenvalue weighted by molar-refractivity contribution is 7.73. The van der Waals surface area contributed by atoms with Crippen molar-refractivity contribution in [2.24, 2.45) is 0 Å². The zero-order valence-electron chi connectivity index (χ0n) is 13.6. The molecule has 130 valence electrons. The van der Waals surface area contributed by atoms with E-state index in [0.29, 0.717) is 18.5 Å². The molecule has 24 heavy (non-hydrogen) atoms. The zero-order valence-corrected chi connectivity index (χ0v) is 16.0. The molecule has 0 N–H and O–H groups in total. The van der Waals surface area contributed by atoms with E-state index in [9.17, 15) is 0 Å². The molecule has 3 rings (SSSR count). The SMILES string of the molecule is CC(C)Oc1nn(CN2CCOC(c3ccc(Cl)cc3)C2)c(=S)s1. The van der Waals surface area contributed by atoms with Crippen molar-refractivity contribution in [1.82, 2.24) is 14.7 Å². The summed E-state index contributed by atoms with van der Waals surface area (Å²) in [5.41, 5.74) is 1.13. The van der Waals surface area contributed by atoms with Gasteiger partial charge in [-0.25, -0.2) is 4.68 Å². The third-order valence-corrected chi connectivity index (χ3v) is 5.10. The highest BCUT2D eigenvalue weighted by atomic mass is 35.5. The minimum Gasteiger partial charge on any atom is -0.466 e. The van der Waals surface area contributed by atoms with Gasteiger partial charge in [0.05, 0.1) is 25.5 Å². The van der Waals surface area contributed by atoms with Gasteiger partial charge < -0.3 is 9.47 Å². The van der Waals surface area contributed by atoms with E-state index in [2.05, 4.69) is 10.00 Å². The molecule has 0 amide bonds. The molecule has 1 saturated heterocycles. The van der Waals surface area contributed by atoms with Crippen LogP contribution in [0.4, 0.5) is 0 Å². The third-order valence-electron chi connectivity index (χ3n) is 3.65. The Balaban J connectivity index is 1.66. The van der Waals surface area contributed by atoms with Crippen molar-refractivity contribution in [3.8, 4) is 5.19 Å². The van der Waals surface area contributed by atoms with Crippen LogP contribution in [0.15, 0.2) is 24.3 Å². The second-order valence-electron chi connectivity index (χ2n) is 5.93. The molecule has 0 spiro atoms. The predicted octanol–water partition coefficient (Wildman–Crippen LogP) is 4.15. The van der Waals surface area contributed by atoms with Crippen LogP contribution in [0.2, 0.25) is 5.02 Å². The van der Waals surface area contributed by atoms with Gasteiger partial charge in [0.15, 0.2) is 3.95 Å². The largest absolute Gasteiger partial charge is 0.466 e. The van der Waals surface area contributed by atoms with E-state index < -0.39 is 0 Å². The Morgan fingerprint density at radius 3 is 2.88 bits per heavy atom. The lowest BCUT2D eigenvalue weighted by molar-refractivity contribution is -0.0419. The Morgan fingerprint density at radius 2 is 2.17 bits per heavy atom. The number of aromatic nitrogens is 2. The van der Waals surface area contributed by atoms with Crippen LogP contribution in [-0.4, -0.2) is 40.5 Å². The molecule has 8 heteroatoms. The van der Waals surface area contributed by atoms with Gasteiger partial charge in [0.25, 0.3) is 5.19 Å². The van der Waals surface area contributed by atoms with Crippen LogP contribution in [-0.2, 0) is 11.4 Å². The minimum absolute atomic E-state index is 0.0372. The van der Waals surface area contributed by atoms with Crippen LogP contribution >= 0.6 is 35.2 Å². The fourth-order valence-electron chi connectivity index (χ4n) is 2.53. The quantitative estimate of drug-likeness (QED) is 0.723. The molecule has 1 aromatic heterocycles. The zero-order chi connectivity index (χ0) is 17.1. The molecule has 0 radical (unpaired) electrons. The molecule has 1 fully saturated rings. The maximum Gasteiger partial charge on any atom is 0.293 e. The smallest absolute Gasteiger partial charge is 0.293 e. The average molecular weight is 386 g/mol. The Hall–Kier alpha value is -0.990. The number of halogens is 1. The summed E-state index contributed by atoms with van der Waals surface area (Å²) in [6, 6.07) is 7.82. The number of hydrogen-bond donors (Lipinski definition) is 0. The molecule has 1 atom stereocenters. The van der Waals surface area contributed by atoms with Crippen LogP contribution in [0, 0.1) is 3.95 Å². The van der Waals surface area contributed by atoms with E-state index >= 15 is 0 Å². The van der Waals surface area contributed by atoms with Crippen LogP contribution in [0.5, 0.6) is 5.19 Å².